The zero-order valence-corrected chi connectivity index (χ0v) is 14.6. The SMILES string of the molecule is COc1ccc(N2C(=O)[C@@H](N3C(=O)OC[C@@H]3c3ccccc3)[C@H]2C=O)cc1. The Bertz CT molecular complexity index is 868. The van der Waals surface area contributed by atoms with Crippen LogP contribution in [0.1, 0.15) is 11.6 Å². The van der Waals surface area contributed by atoms with Gasteiger partial charge in [0.05, 0.1) is 13.2 Å². The molecule has 0 saturated carbocycles. The van der Waals surface area contributed by atoms with Crippen molar-refractivity contribution in [3.05, 3.63) is 60.2 Å². The molecular formula is C20H18N2O5. The van der Waals surface area contributed by atoms with Gasteiger partial charge < -0.3 is 14.3 Å². The third kappa shape index (κ3) is 2.71. The van der Waals surface area contributed by atoms with Gasteiger partial charge in [0.15, 0.2) is 0 Å². The maximum absolute atomic E-state index is 12.9. The number of aldehydes is 1. The van der Waals surface area contributed by atoms with Crippen LogP contribution in [0.2, 0.25) is 0 Å². The zero-order valence-electron chi connectivity index (χ0n) is 14.6. The Kier molecular flexibility index (Phi) is 4.27. The van der Waals surface area contributed by atoms with E-state index in [9.17, 15) is 14.4 Å². The largest absolute Gasteiger partial charge is 0.497 e. The van der Waals surface area contributed by atoms with Crippen LogP contribution in [0.5, 0.6) is 5.75 Å². The van der Waals surface area contributed by atoms with Crippen LogP contribution in [-0.2, 0) is 14.3 Å². The van der Waals surface area contributed by atoms with Crippen molar-refractivity contribution in [2.75, 3.05) is 18.6 Å². The van der Waals surface area contributed by atoms with Crippen LogP contribution < -0.4 is 9.64 Å². The number of cyclic esters (lactones) is 1. The summed E-state index contributed by atoms with van der Waals surface area (Å²) in [6, 6.07) is 14.2. The summed E-state index contributed by atoms with van der Waals surface area (Å²) in [4.78, 5) is 39.7. The van der Waals surface area contributed by atoms with Crippen LogP contribution in [-0.4, -0.2) is 49.0 Å². The van der Waals surface area contributed by atoms with Gasteiger partial charge in [0.25, 0.3) is 5.91 Å². The number of hydrogen-bond acceptors (Lipinski definition) is 5. The number of carbonyl (C=O) groups is 3. The molecule has 7 heteroatoms. The van der Waals surface area contributed by atoms with Gasteiger partial charge >= 0.3 is 6.09 Å². The first-order valence-corrected chi connectivity index (χ1v) is 8.58. The summed E-state index contributed by atoms with van der Waals surface area (Å²) >= 11 is 0. The second-order valence-electron chi connectivity index (χ2n) is 6.39. The molecule has 2 aromatic carbocycles. The number of methoxy groups -OCH3 is 1. The molecule has 138 valence electrons. The summed E-state index contributed by atoms with van der Waals surface area (Å²) in [6.07, 6.45) is 0.118. The number of anilines is 1. The fourth-order valence-electron chi connectivity index (χ4n) is 3.63. The molecule has 7 nitrogen and oxygen atoms in total. The Morgan fingerprint density at radius 3 is 2.41 bits per heavy atom. The highest BCUT2D eigenvalue weighted by atomic mass is 16.6. The molecule has 2 amide bonds. The molecule has 0 N–H and O–H groups in total. The van der Waals surface area contributed by atoms with Crippen LogP contribution in [0.4, 0.5) is 10.5 Å². The lowest BCUT2D eigenvalue weighted by molar-refractivity contribution is -0.135. The van der Waals surface area contributed by atoms with Gasteiger partial charge in [-0.25, -0.2) is 4.79 Å². The third-order valence-electron chi connectivity index (χ3n) is 5.00. The molecule has 2 saturated heterocycles. The van der Waals surface area contributed by atoms with E-state index in [-0.39, 0.29) is 12.5 Å². The van der Waals surface area contributed by atoms with E-state index in [0.29, 0.717) is 17.7 Å². The quantitative estimate of drug-likeness (QED) is 0.599. The zero-order chi connectivity index (χ0) is 19.0. The fourth-order valence-corrected chi connectivity index (χ4v) is 3.63. The van der Waals surface area contributed by atoms with Gasteiger partial charge in [0, 0.05) is 5.69 Å². The van der Waals surface area contributed by atoms with E-state index in [1.54, 1.807) is 31.4 Å². The number of ether oxygens (including phenoxy) is 2. The topological polar surface area (TPSA) is 76.2 Å². The first-order chi connectivity index (χ1) is 13.2. The predicted molar refractivity (Wildman–Crippen MR) is 96.5 cm³/mol. The van der Waals surface area contributed by atoms with Crippen molar-refractivity contribution in [3.63, 3.8) is 0 Å². The first-order valence-electron chi connectivity index (χ1n) is 8.58. The van der Waals surface area contributed by atoms with Crippen molar-refractivity contribution < 1.29 is 23.9 Å². The second-order valence-corrected chi connectivity index (χ2v) is 6.39. The van der Waals surface area contributed by atoms with Gasteiger partial charge in [-0.1, -0.05) is 30.3 Å². The van der Waals surface area contributed by atoms with Gasteiger partial charge in [-0.2, -0.15) is 0 Å². The lowest BCUT2D eigenvalue weighted by Crippen LogP contribution is -2.72. The first kappa shape index (κ1) is 17.1. The number of rotatable bonds is 5. The lowest BCUT2D eigenvalue weighted by atomic mass is 9.91. The highest BCUT2D eigenvalue weighted by Crippen LogP contribution is 2.38. The number of nitrogens with zero attached hydrogens (tertiary/aromatic N) is 2. The summed E-state index contributed by atoms with van der Waals surface area (Å²) in [5.74, 6) is 0.343. The van der Waals surface area contributed by atoms with Gasteiger partial charge in [0.1, 0.15) is 30.7 Å². The minimum absolute atomic E-state index is 0.154. The van der Waals surface area contributed by atoms with E-state index in [0.717, 1.165) is 5.56 Å². The molecule has 0 aromatic heterocycles. The maximum atomic E-state index is 12.9. The smallest absolute Gasteiger partial charge is 0.411 e. The summed E-state index contributed by atoms with van der Waals surface area (Å²) < 4.78 is 10.3. The fraction of sp³-hybridized carbons (Fsp3) is 0.250. The van der Waals surface area contributed by atoms with Crippen LogP contribution in [0, 0.1) is 0 Å². The molecule has 2 heterocycles. The highest BCUT2D eigenvalue weighted by molar-refractivity contribution is 6.12. The van der Waals surface area contributed by atoms with Crippen LogP contribution in [0.25, 0.3) is 0 Å². The molecule has 2 fully saturated rings. The van der Waals surface area contributed by atoms with Gasteiger partial charge in [-0.15, -0.1) is 0 Å². The summed E-state index contributed by atoms with van der Waals surface area (Å²) in [6.45, 7) is 0.154. The van der Waals surface area contributed by atoms with Crippen molar-refractivity contribution in [2.24, 2.45) is 0 Å². The lowest BCUT2D eigenvalue weighted by Gasteiger charge is -2.48. The average Bonchev–Trinajstić information content (AvgIpc) is 3.08. The molecule has 3 atom stereocenters. The van der Waals surface area contributed by atoms with Gasteiger partial charge in [-0.3, -0.25) is 14.6 Å². The minimum Gasteiger partial charge on any atom is -0.497 e. The molecule has 0 unspecified atom stereocenters. The number of amides is 2. The normalized spacial score (nSPS) is 24.4. The molecule has 2 aliphatic heterocycles. The Morgan fingerprint density at radius 1 is 1.07 bits per heavy atom. The van der Waals surface area contributed by atoms with Crippen molar-refractivity contribution in [3.8, 4) is 5.75 Å². The Labute approximate surface area is 156 Å². The van der Waals surface area contributed by atoms with Crippen molar-refractivity contribution >= 4 is 24.0 Å². The Morgan fingerprint density at radius 2 is 1.78 bits per heavy atom. The number of benzene rings is 2. The summed E-state index contributed by atoms with van der Waals surface area (Å²) in [7, 11) is 1.55. The number of hydrogen-bond donors (Lipinski definition) is 0. The van der Waals surface area contributed by atoms with E-state index in [4.69, 9.17) is 9.47 Å². The number of β-lactam (4-membered cyclic amide) rings is 1. The summed E-state index contributed by atoms with van der Waals surface area (Å²) in [5, 5.41) is 0. The molecule has 0 aliphatic carbocycles. The van der Waals surface area contributed by atoms with Crippen LogP contribution in [0.15, 0.2) is 54.6 Å². The Balaban J connectivity index is 1.62. The van der Waals surface area contributed by atoms with E-state index >= 15 is 0 Å². The van der Waals surface area contributed by atoms with E-state index in [1.165, 1.54) is 9.80 Å². The molecule has 2 aliphatic rings. The average molecular weight is 366 g/mol. The highest BCUT2D eigenvalue weighted by Gasteiger charge is 2.56. The van der Waals surface area contributed by atoms with Crippen LogP contribution >= 0.6 is 0 Å². The van der Waals surface area contributed by atoms with Gasteiger partial charge in [-0.05, 0) is 29.8 Å². The van der Waals surface area contributed by atoms with Gasteiger partial charge in [0.2, 0.25) is 0 Å². The predicted octanol–water partition coefficient (Wildman–Crippen LogP) is 2.17. The van der Waals surface area contributed by atoms with E-state index < -0.39 is 24.2 Å². The van der Waals surface area contributed by atoms with Crippen LogP contribution in [0.3, 0.4) is 0 Å². The molecule has 27 heavy (non-hydrogen) atoms. The Hall–Kier alpha value is -3.35. The summed E-state index contributed by atoms with van der Waals surface area (Å²) in [5.41, 5.74) is 1.45. The second kappa shape index (κ2) is 6.75. The molecular weight excluding hydrogens is 348 g/mol. The van der Waals surface area contributed by atoms with Crippen molar-refractivity contribution in [1.29, 1.82) is 0 Å². The molecule has 2 aromatic rings. The molecule has 4 rings (SSSR count). The standard InChI is InChI=1S/C20H18N2O5/c1-26-15-9-7-14(8-10-15)21-16(11-23)18(19(21)24)22-17(12-27-20(22)25)13-5-3-2-4-6-13/h2-11,16-18H,12H2,1H3/t16-,17-,18+/m1/s1. The molecule has 0 bridgehead atoms. The number of carbonyl (C=O) groups excluding carboxylic acids is 3. The minimum atomic E-state index is -0.871. The van der Waals surface area contributed by atoms with E-state index in [2.05, 4.69) is 0 Å². The maximum Gasteiger partial charge on any atom is 0.411 e. The monoisotopic (exact) mass is 366 g/mol. The molecule has 0 spiro atoms. The third-order valence-corrected chi connectivity index (χ3v) is 5.00. The van der Waals surface area contributed by atoms with Crippen molar-refractivity contribution in [1.82, 2.24) is 4.90 Å². The molecule has 0 radical (unpaired) electrons. The van der Waals surface area contributed by atoms with Crippen molar-refractivity contribution in [2.45, 2.75) is 18.1 Å². The van der Waals surface area contributed by atoms with E-state index in [1.807, 2.05) is 30.3 Å².